The molecule has 28 heavy (non-hydrogen) atoms. The zero-order valence-electron chi connectivity index (χ0n) is 17.0. The molecular formula is C23H31N3O2. The summed E-state index contributed by atoms with van der Waals surface area (Å²) in [7, 11) is 0. The van der Waals surface area contributed by atoms with Gasteiger partial charge in [0.1, 0.15) is 0 Å². The van der Waals surface area contributed by atoms with Crippen molar-refractivity contribution in [3.8, 4) is 0 Å². The SMILES string of the molecule is CCNC(=NCCc1cccc2ccccc12)N1CCC(C(=O)OCC)CC1. The summed E-state index contributed by atoms with van der Waals surface area (Å²) in [5.74, 6) is 0.917. The zero-order valence-corrected chi connectivity index (χ0v) is 17.0. The minimum Gasteiger partial charge on any atom is -0.466 e. The number of likely N-dealkylation sites (tertiary alicyclic amines) is 1. The molecule has 0 bridgehead atoms. The largest absolute Gasteiger partial charge is 0.466 e. The van der Waals surface area contributed by atoms with Gasteiger partial charge in [-0.2, -0.15) is 0 Å². The van der Waals surface area contributed by atoms with Crippen molar-refractivity contribution in [1.82, 2.24) is 10.2 Å². The number of esters is 1. The smallest absolute Gasteiger partial charge is 0.309 e. The Morgan fingerprint density at radius 2 is 1.89 bits per heavy atom. The van der Waals surface area contributed by atoms with Gasteiger partial charge in [0, 0.05) is 26.2 Å². The molecule has 1 aliphatic rings. The number of benzene rings is 2. The lowest BCUT2D eigenvalue weighted by molar-refractivity contribution is -0.149. The molecule has 5 nitrogen and oxygen atoms in total. The molecule has 150 valence electrons. The van der Waals surface area contributed by atoms with E-state index in [2.05, 4.69) is 59.6 Å². The van der Waals surface area contributed by atoms with Gasteiger partial charge in [0.05, 0.1) is 12.5 Å². The quantitative estimate of drug-likeness (QED) is 0.472. The highest BCUT2D eigenvalue weighted by molar-refractivity contribution is 5.85. The average molecular weight is 382 g/mol. The summed E-state index contributed by atoms with van der Waals surface area (Å²) in [6.07, 6.45) is 2.56. The molecule has 1 aliphatic heterocycles. The minimum absolute atomic E-state index is 0.0229. The van der Waals surface area contributed by atoms with E-state index in [-0.39, 0.29) is 11.9 Å². The Bertz CT molecular complexity index is 805. The molecule has 0 atom stereocenters. The van der Waals surface area contributed by atoms with Gasteiger partial charge in [-0.3, -0.25) is 9.79 Å². The second-order valence-corrected chi connectivity index (χ2v) is 7.14. The number of nitrogens with one attached hydrogen (secondary N) is 1. The number of hydrogen-bond donors (Lipinski definition) is 1. The molecule has 1 heterocycles. The number of carbonyl (C=O) groups is 1. The lowest BCUT2D eigenvalue weighted by Gasteiger charge is -2.33. The summed E-state index contributed by atoms with van der Waals surface area (Å²) in [6, 6.07) is 15.0. The van der Waals surface area contributed by atoms with Gasteiger partial charge in [0.2, 0.25) is 0 Å². The number of carbonyl (C=O) groups excluding carboxylic acids is 1. The Balaban J connectivity index is 1.61. The Kier molecular flexibility index (Phi) is 7.29. The van der Waals surface area contributed by atoms with Crippen LogP contribution >= 0.6 is 0 Å². The predicted octanol–water partition coefficient (Wildman–Crippen LogP) is 3.62. The third kappa shape index (κ3) is 5.03. The van der Waals surface area contributed by atoms with Gasteiger partial charge in [0.15, 0.2) is 5.96 Å². The third-order valence-corrected chi connectivity index (χ3v) is 5.27. The van der Waals surface area contributed by atoms with Gasteiger partial charge >= 0.3 is 5.97 Å². The van der Waals surface area contributed by atoms with Crippen molar-refractivity contribution < 1.29 is 9.53 Å². The lowest BCUT2D eigenvalue weighted by atomic mass is 9.97. The molecule has 2 aromatic rings. The fourth-order valence-corrected chi connectivity index (χ4v) is 3.81. The number of guanidine groups is 1. The fraction of sp³-hybridized carbons (Fsp3) is 0.478. The molecule has 1 fully saturated rings. The van der Waals surface area contributed by atoms with Crippen LogP contribution < -0.4 is 5.32 Å². The van der Waals surface area contributed by atoms with Crippen LogP contribution in [0.15, 0.2) is 47.5 Å². The molecule has 1 saturated heterocycles. The molecule has 0 saturated carbocycles. The normalized spacial score (nSPS) is 15.6. The van der Waals surface area contributed by atoms with Gasteiger partial charge in [-0.05, 0) is 49.4 Å². The monoisotopic (exact) mass is 381 g/mol. The summed E-state index contributed by atoms with van der Waals surface area (Å²) in [4.78, 5) is 19.1. The van der Waals surface area contributed by atoms with Gasteiger partial charge in [-0.15, -0.1) is 0 Å². The number of nitrogens with zero attached hydrogens (tertiary/aromatic N) is 2. The second kappa shape index (κ2) is 10.1. The van der Waals surface area contributed by atoms with Crippen molar-refractivity contribution in [2.24, 2.45) is 10.9 Å². The van der Waals surface area contributed by atoms with Crippen molar-refractivity contribution in [3.05, 3.63) is 48.0 Å². The first-order chi connectivity index (χ1) is 13.7. The average Bonchev–Trinajstić information content (AvgIpc) is 2.73. The summed E-state index contributed by atoms with van der Waals surface area (Å²) < 4.78 is 5.17. The molecule has 0 spiro atoms. The Hall–Kier alpha value is -2.56. The van der Waals surface area contributed by atoms with Crippen LogP contribution in [0.5, 0.6) is 0 Å². The first-order valence-electron chi connectivity index (χ1n) is 10.4. The zero-order chi connectivity index (χ0) is 19.8. The molecule has 0 radical (unpaired) electrons. The molecule has 0 aromatic heterocycles. The summed E-state index contributed by atoms with van der Waals surface area (Å²) >= 11 is 0. The number of piperidine rings is 1. The maximum Gasteiger partial charge on any atom is 0.309 e. The highest BCUT2D eigenvalue weighted by Gasteiger charge is 2.27. The van der Waals surface area contributed by atoms with E-state index in [4.69, 9.17) is 9.73 Å². The van der Waals surface area contributed by atoms with Crippen molar-refractivity contribution in [1.29, 1.82) is 0 Å². The Labute approximate surface area is 167 Å². The van der Waals surface area contributed by atoms with E-state index in [1.54, 1.807) is 0 Å². The van der Waals surface area contributed by atoms with Crippen molar-refractivity contribution in [2.75, 3.05) is 32.8 Å². The van der Waals surface area contributed by atoms with Crippen LogP contribution in [-0.4, -0.2) is 49.6 Å². The number of aliphatic imine (C=N–C) groups is 1. The first kappa shape index (κ1) is 20.2. The van der Waals surface area contributed by atoms with Crippen LogP contribution in [0.1, 0.15) is 32.3 Å². The highest BCUT2D eigenvalue weighted by atomic mass is 16.5. The summed E-state index contributed by atoms with van der Waals surface area (Å²) in [5.41, 5.74) is 1.33. The van der Waals surface area contributed by atoms with Gasteiger partial charge in [0.25, 0.3) is 0 Å². The van der Waals surface area contributed by atoms with Crippen LogP contribution in [0, 0.1) is 5.92 Å². The van der Waals surface area contributed by atoms with Crippen LogP contribution in [-0.2, 0) is 16.0 Å². The molecule has 2 aromatic carbocycles. The third-order valence-electron chi connectivity index (χ3n) is 5.27. The van der Waals surface area contributed by atoms with Crippen LogP contribution in [0.4, 0.5) is 0 Å². The molecule has 3 rings (SSSR count). The molecule has 1 N–H and O–H groups in total. The molecule has 0 aliphatic carbocycles. The van der Waals surface area contributed by atoms with Crippen LogP contribution in [0.2, 0.25) is 0 Å². The van der Waals surface area contributed by atoms with E-state index in [1.165, 1.54) is 16.3 Å². The number of fused-ring (bicyclic) bond motifs is 1. The van der Waals surface area contributed by atoms with Crippen molar-refractivity contribution >= 4 is 22.7 Å². The van der Waals surface area contributed by atoms with E-state index >= 15 is 0 Å². The summed E-state index contributed by atoms with van der Waals surface area (Å²) in [6.45, 7) is 7.66. The van der Waals surface area contributed by atoms with E-state index in [0.29, 0.717) is 6.61 Å². The van der Waals surface area contributed by atoms with Crippen molar-refractivity contribution in [3.63, 3.8) is 0 Å². The van der Waals surface area contributed by atoms with Gasteiger partial charge in [-0.1, -0.05) is 42.5 Å². The maximum absolute atomic E-state index is 11.9. The van der Waals surface area contributed by atoms with Crippen LogP contribution in [0.3, 0.4) is 0 Å². The second-order valence-electron chi connectivity index (χ2n) is 7.14. The van der Waals surface area contributed by atoms with E-state index in [1.807, 2.05) is 6.92 Å². The molecular weight excluding hydrogens is 350 g/mol. The van der Waals surface area contributed by atoms with Gasteiger partial charge in [-0.25, -0.2) is 0 Å². The fourth-order valence-electron chi connectivity index (χ4n) is 3.81. The Morgan fingerprint density at radius 3 is 2.64 bits per heavy atom. The number of hydrogen-bond acceptors (Lipinski definition) is 3. The predicted molar refractivity (Wildman–Crippen MR) is 115 cm³/mol. The summed E-state index contributed by atoms with van der Waals surface area (Å²) in [5, 5.41) is 5.99. The standard InChI is InChI=1S/C23H31N3O2/c1-3-24-23(26-16-13-20(14-17-26)22(27)28-4-2)25-15-12-19-10-7-9-18-8-5-6-11-21(18)19/h5-11,20H,3-4,12-17H2,1-2H3,(H,24,25). The maximum atomic E-state index is 11.9. The molecule has 0 amide bonds. The first-order valence-corrected chi connectivity index (χ1v) is 10.4. The lowest BCUT2D eigenvalue weighted by Crippen LogP contribution is -2.46. The topological polar surface area (TPSA) is 53.9 Å². The number of rotatable bonds is 6. The molecule has 0 unspecified atom stereocenters. The van der Waals surface area contributed by atoms with E-state index in [9.17, 15) is 4.79 Å². The van der Waals surface area contributed by atoms with E-state index < -0.39 is 0 Å². The van der Waals surface area contributed by atoms with Gasteiger partial charge < -0.3 is 15.0 Å². The Morgan fingerprint density at radius 1 is 1.14 bits per heavy atom. The minimum atomic E-state index is -0.0555. The number of ether oxygens (including phenoxy) is 1. The van der Waals surface area contributed by atoms with E-state index in [0.717, 1.165) is 51.4 Å². The highest BCUT2D eigenvalue weighted by Crippen LogP contribution is 2.20. The van der Waals surface area contributed by atoms with Crippen LogP contribution in [0.25, 0.3) is 10.8 Å². The van der Waals surface area contributed by atoms with Crippen molar-refractivity contribution in [2.45, 2.75) is 33.1 Å². The molecule has 5 heteroatoms.